The Hall–Kier alpha value is -3.23. The molecule has 1 aromatic carbocycles. The van der Waals surface area contributed by atoms with E-state index < -0.39 is 6.10 Å². The van der Waals surface area contributed by atoms with Crippen LogP contribution in [-0.4, -0.2) is 36.1 Å². The highest BCUT2D eigenvalue weighted by molar-refractivity contribution is 7.10. The maximum Gasteiger partial charge on any atom is 0.255 e. The fourth-order valence-corrected chi connectivity index (χ4v) is 4.93. The van der Waals surface area contributed by atoms with Crippen LogP contribution in [-0.2, 0) is 22.5 Å². The van der Waals surface area contributed by atoms with E-state index in [2.05, 4.69) is 32.0 Å². The van der Waals surface area contributed by atoms with Crippen LogP contribution in [0.2, 0.25) is 0 Å². The number of nitrogens with zero attached hydrogens (tertiary/aromatic N) is 2. The van der Waals surface area contributed by atoms with Crippen molar-refractivity contribution < 1.29 is 14.3 Å². The van der Waals surface area contributed by atoms with Crippen molar-refractivity contribution in [2.75, 3.05) is 28.7 Å². The minimum absolute atomic E-state index is 0.174. The number of ether oxygens (including phenoxy) is 1. The average Bonchev–Trinajstić information content (AvgIpc) is 3.51. The van der Waals surface area contributed by atoms with Gasteiger partial charge in [-0.1, -0.05) is 6.07 Å². The van der Waals surface area contributed by atoms with E-state index in [9.17, 15) is 9.59 Å². The molecule has 2 aromatic heterocycles. The summed E-state index contributed by atoms with van der Waals surface area (Å²) in [6.07, 6.45) is 3.91. The van der Waals surface area contributed by atoms with E-state index in [0.29, 0.717) is 23.5 Å². The van der Waals surface area contributed by atoms with Crippen molar-refractivity contribution in [1.82, 2.24) is 4.98 Å². The largest absolute Gasteiger partial charge is 0.368 e. The number of hydrogen-bond donors (Lipinski definition) is 2. The molecule has 2 amide bonds. The van der Waals surface area contributed by atoms with Crippen LogP contribution < -0.4 is 15.5 Å². The third-order valence-corrected chi connectivity index (χ3v) is 6.77. The summed E-state index contributed by atoms with van der Waals surface area (Å²) in [5, 5.41) is 7.85. The summed E-state index contributed by atoms with van der Waals surface area (Å²) < 4.78 is 5.41. The van der Waals surface area contributed by atoms with Crippen molar-refractivity contribution in [3.63, 3.8) is 0 Å². The first-order valence-electron chi connectivity index (χ1n) is 10.8. The van der Waals surface area contributed by atoms with E-state index in [4.69, 9.17) is 4.74 Å². The molecule has 2 N–H and O–H groups in total. The Morgan fingerprint density at radius 2 is 2.06 bits per heavy atom. The van der Waals surface area contributed by atoms with Crippen LogP contribution in [0.15, 0.2) is 54.0 Å². The Morgan fingerprint density at radius 3 is 2.88 bits per heavy atom. The number of carbonyl (C=O) groups is 2. The van der Waals surface area contributed by atoms with Gasteiger partial charge in [0.15, 0.2) is 0 Å². The maximum atomic E-state index is 12.7. The lowest BCUT2D eigenvalue weighted by atomic mass is 10.1. The topological polar surface area (TPSA) is 83.6 Å². The van der Waals surface area contributed by atoms with E-state index in [-0.39, 0.29) is 11.8 Å². The van der Waals surface area contributed by atoms with Crippen molar-refractivity contribution in [2.45, 2.75) is 31.9 Å². The molecule has 2 aliphatic heterocycles. The summed E-state index contributed by atoms with van der Waals surface area (Å²) in [6.45, 7) is 2.42. The molecule has 8 heteroatoms. The number of nitrogens with one attached hydrogen (secondary N) is 2. The monoisotopic (exact) mass is 448 g/mol. The van der Waals surface area contributed by atoms with Gasteiger partial charge < -0.3 is 20.3 Å². The second-order valence-electron chi connectivity index (χ2n) is 7.97. The van der Waals surface area contributed by atoms with Gasteiger partial charge in [0.25, 0.3) is 11.8 Å². The minimum atomic E-state index is -0.414. The molecule has 0 radical (unpaired) electrons. The normalized spacial score (nSPS) is 17.6. The lowest BCUT2D eigenvalue weighted by Crippen LogP contribution is -2.30. The zero-order chi connectivity index (χ0) is 21.9. The van der Waals surface area contributed by atoms with Gasteiger partial charge in [-0.15, -0.1) is 11.3 Å². The van der Waals surface area contributed by atoms with Crippen LogP contribution in [0.4, 0.5) is 17.2 Å². The summed E-state index contributed by atoms with van der Waals surface area (Å²) in [5.74, 6) is 0.472. The second-order valence-corrected chi connectivity index (χ2v) is 8.97. The summed E-state index contributed by atoms with van der Waals surface area (Å²) >= 11 is 1.82. The molecule has 32 heavy (non-hydrogen) atoms. The number of rotatable bonds is 5. The molecule has 0 aliphatic carbocycles. The SMILES string of the molecule is O=C(Nc1ccc(N2CCc3sccc3C2)nc1)c1cccc(NC(=O)[C@@H]2CCCO2)c1. The van der Waals surface area contributed by atoms with Crippen LogP contribution in [0.25, 0.3) is 0 Å². The van der Waals surface area contributed by atoms with E-state index in [0.717, 1.165) is 38.2 Å². The summed E-state index contributed by atoms with van der Waals surface area (Å²) in [6, 6.07) is 12.9. The van der Waals surface area contributed by atoms with Gasteiger partial charge in [0.2, 0.25) is 0 Å². The molecule has 1 saturated heterocycles. The molecule has 1 atom stereocenters. The van der Waals surface area contributed by atoms with E-state index in [1.54, 1.807) is 30.5 Å². The third-order valence-electron chi connectivity index (χ3n) is 5.75. The molecule has 0 unspecified atom stereocenters. The van der Waals surface area contributed by atoms with Crippen molar-refractivity contribution in [3.8, 4) is 0 Å². The highest BCUT2D eigenvalue weighted by Gasteiger charge is 2.23. The summed E-state index contributed by atoms with van der Waals surface area (Å²) in [4.78, 5) is 33.2. The van der Waals surface area contributed by atoms with Gasteiger partial charge in [-0.3, -0.25) is 9.59 Å². The first-order chi connectivity index (χ1) is 15.7. The molecule has 3 aromatic rings. The number of fused-ring (bicyclic) bond motifs is 1. The Morgan fingerprint density at radius 1 is 1.12 bits per heavy atom. The van der Waals surface area contributed by atoms with Gasteiger partial charge in [0.1, 0.15) is 11.9 Å². The number of hydrogen-bond acceptors (Lipinski definition) is 6. The molecule has 0 spiro atoms. The highest BCUT2D eigenvalue weighted by atomic mass is 32.1. The molecular weight excluding hydrogens is 424 g/mol. The lowest BCUT2D eigenvalue weighted by molar-refractivity contribution is -0.124. The van der Waals surface area contributed by atoms with Gasteiger partial charge >= 0.3 is 0 Å². The van der Waals surface area contributed by atoms with Crippen LogP contribution in [0.5, 0.6) is 0 Å². The molecule has 4 heterocycles. The Labute approximate surface area is 190 Å². The molecule has 7 nitrogen and oxygen atoms in total. The van der Waals surface area contributed by atoms with Gasteiger partial charge in [-0.2, -0.15) is 0 Å². The zero-order valence-electron chi connectivity index (χ0n) is 17.5. The van der Waals surface area contributed by atoms with Crippen LogP contribution in [0, 0.1) is 0 Å². The van der Waals surface area contributed by atoms with Gasteiger partial charge in [0, 0.05) is 35.8 Å². The predicted molar refractivity (Wildman–Crippen MR) is 125 cm³/mol. The first-order valence-corrected chi connectivity index (χ1v) is 11.6. The number of amides is 2. The maximum absolute atomic E-state index is 12.7. The number of benzene rings is 1. The Bertz CT molecular complexity index is 1120. The number of anilines is 3. The quantitative estimate of drug-likeness (QED) is 0.615. The summed E-state index contributed by atoms with van der Waals surface area (Å²) in [7, 11) is 0. The van der Waals surface area contributed by atoms with Crippen molar-refractivity contribution >= 4 is 40.3 Å². The molecule has 0 bridgehead atoms. The van der Waals surface area contributed by atoms with Crippen molar-refractivity contribution in [1.29, 1.82) is 0 Å². The van der Waals surface area contributed by atoms with Crippen molar-refractivity contribution in [2.24, 2.45) is 0 Å². The number of aromatic nitrogens is 1. The molecule has 1 fully saturated rings. The van der Waals surface area contributed by atoms with Crippen LogP contribution in [0.3, 0.4) is 0 Å². The molecule has 0 saturated carbocycles. The lowest BCUT2D eigenvalue weighted by Gasteiger charge is -2.28. The standard InChI is InChI=1S/C24H24N4O3S/c29-23(16-3-1-4-18(13-16)26-24(30)20-5-2-11-31-20)27-19-6-7-22(25-14-19)28-10-8-21-17(15-28)9-12-32-21/h1,3-4,6-7,9,12-14,20H,2,5,8,10-11,15H2,(H,26,30)(H,27,29)/t20-/m0/s1. The van der Waals surface area contributed by atoms with Crippen LogP contribution in [0.1, 0.15) is 33.6 Å². The van der Waals surface area contributed by atoms with Crippen LogP contribution >= 0.6 is 11.3 Å². The average molecular weight is 449 g/mol. The Kier molecular flexibility index (Phi) is 5.87. The predicted octanol–water partition coefficient (Wildman–Crippen LogP) is 4.08. The fourth-order valence-electron chi connectivity index (χ4n) is 4.04. The zero-order valence-corrected chi connectivity index (χ0v) is 18.4. The van der Waals surface area contributed by atoms with E-state index in [1.165, 1.54) is 10.4 Å². The number of carbonyl (C=O) groups excluding carboxylic acids is 2. The molecule has 5 rings (SSSR count). The minimum Gasteiger partial charge on any atom is -0.368 e. The number of pyridine rings is 1. The van der Waals surface area contributed by atoms with Gasteiger partial charge in [-0.25, -0.2) is 4.98 Å². The Balaban J connectivity index is 1.21. The van der Waals surface area contributed by atoms with E-state index >= 15 is 0 Å². The molecule has 164 valence electrons. The van der Waals surface area contributed by atoms with Crippen molar-refractivity contribution in [3.05, 3.63) is 70.0 Å². The van der Waals surface area contributed by atoms with Gasteiger partial charge in [0.05, 0.1) is 11.9 Å². The second kappa shape index (κ2) is 9.10. The molecule has 2 aliphatic rings. The molecular formula is C24H24N4O3S. The van der Waals surface area contributed by atoms with Gasteiger partial charge in [-0.05, 0) is 66.6 Å². The smallest absolute Gasteiger partial charge is 0.255 e. The summed E-state index contributed by atoms with van der Waals surface area (Å²) in [5.41, 5.74) is 3.03. The number of thiophene rings is 1. The fraction of sp³-hybridized carbons (Fsp3) is 0.292. The van der Waals surface area contributed by atoms with E-state index in [1.807, 2.05) is 23.5 Å². The third kappa shape index (κ3) is 4.51. The first kappa shape index (κ1) is 20.7. The highest BCUT2D eigenvalue weighted by Crippen LogP contribution is 2.27.